The van der Waals surface area contributed by atoms with Crippen LogP contribution in [0.15, 0.2) is 52.9 Å². The van der Waals surface area contributed by atoms with E-state index in [9.17, 15) is 4.79 Å². The lowest BCUT2D eigenvalue weighted by Gasteiger charge is -2.20. The van der Waals surface area contributed by atoms with Crippen LogP contribution in [-0.4, -0.2) is 23.9 Å². The fraction of sp³-hybridized carbons (Fsp3) is 0.222. The van der Waals surface area contributed by atoms with E-state index < -0.39 is 0 Å². The summed E-state index contributed by atoms with van der Waals surface area (Å²) in [5.41, 5.74) is 3.00. The molecule has 0 spiro atoms. The van der Waals surface area contributed by atoms with Crippen LogP contribution in [0.1, 0.15) is 30.1 Å². The lowest BCUT2D eigenvalue weighted by atomic mass is 10.1. The molecular weight excluding hydrogens is 276 g/mol. The third-order valence-electron chi connectivity index (χ3n) is 3.73. The number of ketones is 1. The first-order valence-electron chi connectivity index (χ1n) is 7.48. The molecule has 0 saturated carbocycles. The molecule has 1 aromatic heterocycles. The van der Waals surface area contributed by atoms with E-state index in [1.54, 1.807) is 12.1 Å². The van der Waals surface area contributed by atoms with Gasteiger partial charge in [0.1, 0.15) is 5.52 Å². The van der Waals surface area contributed by atoms with Crippen molar-refractivity contribution >= 4 is 22.6 Å². The summed E-state index contributed by atoms with van der Waals surface area (Å²) in [6, 6.07) is 14.9. The van der Waals surface area contributed by atoms with Crippen LogP contribution in [0.25, 0.3) is 11.1 Å². The average molecular weight is 294 g/mol. The Morgan fingerprint density at radius 2 is 1.82 bits per heavy atom. The second kappa shape index (κ2) is 6.02. The van der Waals surface area contributed by atoms with Crippen LogP contribution in [-0.2, 0) is 0 Å². The van der Waals surface area contributed by atoms with Crippen molar-refractivity contribution in [2.75, 3.05) is 18.0 Å². The molecular formula is C18H18N2O2. The number of rotatable bonds is 5. The lowest BCUT2D eigenvalue weighted by Crippen LogP contribution is -2.21. The maximum Gasteiger partial charge on any atom is 0.269 e. The monoisotopic (exact) mass is 294 g/mol. The van der Waals surface area contributed by atoms with Crippen LogP contribution in [0, 0.1) is 0 Å². The Morgan fingerprint density at radius 1 is 1.09 bits per heavy atom. The predicted molar refractivity (Wildman–Crippen MR) is 87.4 cm³/mol. The van der Waals surface area contributed by atoms with Crippen LogP contribution in [0.4, 0.5) is 5.69 Å². The Hall–Kier alpha value is -2.62. The van der Waals surface area contributed by atoms with Crippen LogP contribution in [0.3, 0.4) is 0 Å². The van der Waals surface area contributed by atoms with Crippen molar-refractivity contribution in [3.63, 3.8) is 0 Å². The van der Waals surface area contributed by atoms with E-state index >= 15 is 0 Å². The molecule has 0 aliphatic heterocycles. The topological polar surface area (TPSA) is 46.3 Å². The molecule has 2 aromatic carbocycles. The van der Waals surface area contributed by atoms with Gasteiger partial charge in [-0.1, -0.05) is 30.3 Å². The number of fused-ring (bicyclic) bond motifs is 1. The third kappa shape index (κ3) is 2.60. The molecule has 0 radical (unpaired) electrons. The molecule has 0 saturated heterocycles. The number of nitrogens with zero attached hydrogens (tertiary/aromatic N) is 2. The first-order valence-corrected chi connectivity index (χ1v) is 7.48. The third-order valence-corrected chi connectivity index (χ3v) is 3.73. The van der Waals surface area contributed by atoms with Gasteiger partial charge in [-0.2, -0.15) is 0 Å². The molecule has 0 N–H and O–H groups in total. The molecule has 0 aliphatic carbocycles. The van der Waals surface area contributed by atoms with Gasteiger partial charge in [-0.25, -0.2) is 4.98 Å². The zero-order chi connectivity index (χ0) is 15.5. The van der Waals surface area contributed by atoms with Gasteiger partial charge in [-0.15, -0.1) is 0 Å². The number of carbonyl (C=O) groups excluding carboxylic acids is 1. The summed E-state index contributed by atoms with van der Waals surface area (Å²) >= 11 is 0. The number of hydrogen-bond acceptors (Lipinski definition) is 4. The van der Waals surface area contributed by atoms with Crippen molar-refractivity contribution in [1.29, 1.82) is 0 Å². The molecule has 1 heterocycles. The van der Waals surface area contributed by atoms with Gasteiger partial charge in [-0.05, 0) is 26.0 Å². The van der Waals surface area contributed by atoms with Crippen molar-refractivity contribution in [3.05, 3.63) is 60.0 Å². The zero-order valence-corrected chi connectivity index (χ0v) is 12.7. The van der Waals surface area contributed by atoms with E-state index in [1.165, 1.54) is 0 Å². The van der Waals surface area contributed by atoms with Crippen LogP contribution >= 0.6 is 0 Å². The quantitative estimate of drug-likeness (QED) is 0.669. The van der Waals surface area contributed by atoms with Crippen molar-refractivity contribution in [1.82, 2.24) is 4.98 Å². The second-order valence-electron chi connectivity index (χ2n) is 5.04. The van der Waals surface area contributed by atoms with Crippen LogP contribution in [0.5, 0.6) is 0 Å². The van der Waals surface area contributed by atoms with Crippen molar-refractivity contribution in [2.45, 2.75) is 13.8 Å². The average Bonchev–Trinajstić information content (AvgIpc) is 2.99. The van der Waals surface area contributed by atoms with Gasteiger partial charge in [0.25, 0.3) is 5.89 Å². The molecule has 4 heteroatoms. The first kappa shape index (κ1) is 14.3. The summed E-state index contributed by atoms with van der Waals surface area (Å²) in [4.78, 5) is 18.9. The number of oxazole rings is 1. The summed E-state index contributed by atoms with van der Waals surface area (Å²) in [6.45, 7) is 6.06. The maximum absolute atomic E-state index is 12.4. The number of anilines is 1. The van der Waals surface area contributed by atoms with Crippen LogP contribution < -0.4 is 4.90 Å². The highest BCUT2D eigenvalue weighted by atomic mass is 16.4. The molecule has 22 heavy (non-hydrogen) atoms. The number of aromatic nitrogens is 1. The number of hydrogen-bond donors (Lipinski definition) is 0. The number of carbonyl (C=O) groups is 1. The van der Waals surface area contributed by atoms with E-state index in [1.807, 2.05) is 36.4 Å². The molecule has 4 nitrogen and oxygen atoms in total. The smallest absolute Gasteiger partial charge is 0.269 e. The Bertz CT molecular complexity index is 789. The standard InChI is InChI=1S/C18H18N2O2/c1-3-20(4-2)14-10-11-15-16(12-14)22-18(19-15)17(21)13-8-6-5-7-9-13/h5-12H,3-4H2,1-2H3. The second-order valence-corrected chi connectivity index (χ2v) is 5.04. The SMILES string of the molecule is CCN(CC)c1ccc2nc(C(=O)c3ccccc3)oc2c1. The molecule has 0 aliphatic rings. The normalized spacial score (nSPS) is 10.8. The van der Waals surface area contributed by atoms with E-state index in [-0.39, 0.29) is 11.7 Å². The minimum Gasteiger partial charge on any atom is -0.433 e. The van der Waals surface area contributed by atoms with Gasteiger partial charge in [0.2, 0.25) is 5.78 Å². The van der Waals surface area contributed by atoms with E-state index in [0.29, 0.717) is 16.7 Å². The fourth-order valence-electron chi connectivity index (χ4n) is 2.51. The maximum atomic E-state index is 12.4. The summed E-state index contributed by atoms with van der Waals surface area (Å²) in [6.07, 6.45) is 0. The van der Waals surface area contributed by atoms with E-state index in [0.717, 1.165) is 18.8 Å². The van der Waals surface area contributed by atoms with Crippen molar-refractivity contribution in [2.24, 2.45) is 0 Å². The Balaban J connectivity index is 1.98. The molecule has 112 valence electrons. The predicted octanol–water partition coefficient (Wildman–Crippen LogP) is 3.91. The highest BCUT2D eigenvalue weighted by Gasteiger charge is 2.16. The minimum absolute atomic E-state index is 0.137. The summed E-state index contributed by atoms with van der Waals surface area (Å²) < 4.78 is 5.68. The molecule has 0 fully saturated rings. The Kier molecular flexibility index (Phi) is 3.92. The fourth-order valence-corrected chi connectivity index (χ4v) is 2.51. The van der Waals surface area contributed by atoms with E-state index in [2.05, 4.69) is 23.7 Å². The van der Waals surface area contributed by atoms with E-state index in [4.69, 9.17) is 4.42 Å². The summed E-state index contributed by atoms with van der Waals surface area (Å²) in [7, 11) is 0. The van der Waals surface area contributed by atoms with Gasteiger partial charge in [0.05, 0.1) is 0 Å². The van der Waals surface area contributed by atoms with Gasteiger partial charge >= 0.3 is 0 Å². The summed E-state index contributed by atoms with van der Waals surface area (Å²) in [5.74, 6) is -0.0564. The van der Waals surface area contributed by atoms with Gasteiger partial charge in [0.15, 0.2) is 5.58 Å². The Labute approximate surface area is 129 Å². The van der Waals surface area contributed by atoms with Crippen molar-refractivity contribution < 1.29 is 9.21 Å². The highest BCUT2D eigenvalue weighted by molar-refractivity contribution is 6.07. The molecule has 3 aromatic rings. The van der Waals surface area contributed by atoms with Gasteiger partial charge in [0, 0.05) is 30.4 Å². The molecule has 0 unspecified atom stereocenters. The zero-order valence-electron chi connectivity index (χ0n) is 12.7. The summed E-state index contributed by atoms with van der Waals surface area (Å²) in [5, 5.41) is 0. The van der Waals surface area contributed by atoms with Crippen LogP contribution in [0.2, 0.25) is 0 Å². The minimum atomic E-state index is -0.193. The highest BCUT2D eigenvalue weighted by Crippen LogP contribution is 2.24. The molecule has 3 rings (SSSR count). The molecule has 0 bridgehead atoms. The largest absolute Gasteiger partial charge is 0.433 e. The molecule has 0 atom stereocenters. The lowest BCUT2D eigenvalue weighted by molar-refractivity contribution is 0.100. The van der Waals surface area contributed by atoms with Crippen molar-refractivity contribution in [3.8, 4) is 0 Å². The first-order chi connectivity index (χ1) is 10.7. The van der Waals surface area contributed by atoms with Gasteiger partial charge < -0.3 is 9.32 Å². The molecule has 0 amide bonds. The van der Waals surface area contributed by atoms with Gasteiger partial charge in [-0.3, -0.25) is 4.79 Å². The number of benzene rings is 2. The Morgan fingerprint density at radius 3 is 2.50 bits per heavy atom.